The Balaban J connectivity index is 2.16. The van der Waals surface area contributed by atoms with Crippen LogP contribution in [-0.4, -0.2) is 4.57 Å². The van der Waals surface area contributed by atoms with E-state index >= 15 is 0 Å². The van der Waals surface area contributed by atoms with Crippen molar-refractivity contribution in [1.82, 2.24) is 4.57 Å². The summed E-state index contributed by atoms with van der Waals surface area (Å²) in [5.41, 5.74) is 1.00. The van der Waals surface area contributed by atoms with Crippen LogP contribution in [-0.2, 0) is 6.54 Å². The van der Waals surface area contributed by atoms with E-state index in [0.717, 1.165) is 29.8 Å². The molecule has 0 amide bonds. The van der Waals surface area contributed by atoms with Crippen molar-refractivity contribution >= 4 is 10.9 Å². The molecule has 0 saturated carbocycles. The minimum atomic E-state index is -0.125. The highest BCUT2D eigenvalue weighted by molar-refractivity contribution is 5.80. The number of nitrogens with zero attached hydrogens (tertiary/aromatic N) is 1. The van der Waals surface area contributed by atoms with Crippen LogP contribution >= 0.6 is 0 Å². The summed E-state index contributed by atoms with van der Waals surface area (Å²) in [5.74, 6) is 0.610. The molecule has 2 heteroatoms. The van der Waals surface area contributed by atoms with E-state index in [4.69, 9.17) is 0 Å². The number of fused-ring (bicyclic) bond motifs is 1. The van der Waals surface area contributed by atoms with Crippen LogP contribution < -0.4 is 0 Å². The van der Waals surface area contributed by atoms with E-state index in [1.807, 2.05) is 18.3 Å². The first-order valence-corrected chi connectivity index (χ1v) is 5.92. The van der Waals surface area contributed by atoms with Crippen LogP contribution in [0.3, 0.4) is 0 Å². The molecule has 0 atom stereocenters. The number of halogens is 1. The van der Waals surface area contributed by atoms with Crippen molar-refractivity contribution in [1.29, 1.82) is 0 Å². The third-order valence-corrected chi connectivity index (χ3v) is 2.94. The van der Waals surface area contributed by atoms with E-state index in [9.17, 15) is 4.39 Å². The summed E-state index contributed by atoms with van der Waals surface area (Å²) in [6.45, 7) is 5.44. The van der Waals surface area contributed by atoms with Crippen LogP contribution in [0.15, 0.2) is 30.5 Å². The Morgan fingerprint density at radius 3 is 2.81 bits per heavy atom. The van der Waals surface area contributed by atoms with Crippen molar-refractivity contribution < 1.29 is 4.39 Å². The minimum Gasteiger partial charge on any atom is -0.347 e. The van der Waals surface area contributed by atoms with Gasteiger partial charge < -0.3 is 4.57 Å². The molecular formula is C14H18FN. The predicted molar refractivity (Wildman–Crippen MR) is 66.0 cm³/mol. The summed E-state index contributed by atoms with van der Waals surface area (Å²) in [5, 5.41) is 0.729. The molecule has 0 aliphatic carbocycles. The van der Waals surface area contributed by atoms with Crippen molar-refractivity contribution in [3.8, 4) is 0 Å². The van der Waals surface area contributed by atoms with Gasteiger partial charge in [-0.2, -0.15) is 0 Å². The zero-order valence-corrected chi connectivity index (χ0v) is 9.91. The molecule has 0 unspecified atom stereocenters. The molecule has 1 aromatic carbocycles. The zero-order valence-electron chi connectivity index (χ0n) is 9.91. The van der Waals surface area contributed by atoms with Crippen LogP contribution in [0.2, 0.25) is 0 Å². The van der Waals surface area contributed by atoms with Crippen LogP contribution in [0.1, 0.15) is 26.7 Å². The molecule has 0 spiro atoms. The molecule has 16 heavy (non-hydrogen) atoms. The molecule has 1 nitrogen and oxygen atoms in total. The van der Waals surface area contributed by atoms with E-state index in [1.54, 1.807) is 6.07 Å². The fourth-order valence-corrected chi connectivity index (χ4v) is 2.05. The fraction of sp³-hybridized carbons (Fsp3) is 0.429. The van der Waals surface area contributed by atoms with Crippen LogP contribution in [0.25, 0.3) is 10.9 Å². The quantitative estimate of drug-likeness (QED) is 0.725. The molecule has 2 aromatic rings. The summed E-state index contributed by atoms with van der Waals surface area (Å²) in [4.78, 5) is 0. The molecule has 0 N–H and O–H groups in total. The van der Waals surface area contributed by atoms with E-state index in [1.165, 1.54) is 12.5 Å². The van der Waals surface area contributed by atoms with E-state index in [0.29, 0.717) is 0 Å². The normalized spacial score (nSPS) is 11.5. The van der Waals surface area contributed by atoms with Gasteiger partial charge in [0.15, 0.2) is 0 Å². The highest BCUT2D eigenvalue weighted by Gasteiger charge is 2.04. The molecule has 2 rings (SSSR count). The van der Waals surface area contributed by atoms with Crippen molar-refractivity contribution in [2.75, 3.05) is 0 Å². The standard InChI is InChI=1S/C14H18FN/c1-11(2)5-4-9-16-10-8-12-13(15)6-3-7-14(12)16/h3,6-8,10-11H,4-5,9H2,1-2H3. The third-order valence-electron chi connectivity index (χ3n) is 2.94. The minimum absolute atomic E-state index is 0.125. The highest BCUT2D eigenvalue weighted by atomic mass is 19.1. The molecule has 0 fully saturated rings. The third kappa shape index (κ3) is 2.26. The first kappa shape index (κ1) is 11.2. The van der Waals surface area contributed by atoms with Gasteiger partial charge in [0.1, 0.15) is 5.82 Å². The second kappa shape index (κ2) is 4.69. The Morgan fingerprint density at radius 2 is 2.06 bits per heavy atom. The average molecular weight is 219 g/mol. The van der Waals surface area contributed by atoms with E-state index in [2.05, 4.69) is 18.4 Å². The number of hydrogen-bond donors (Lipinski definition) is 0. The lowest BCUT2D eigenvalue weighted by Gasteiger charge is -2.07. The second-order valence-corrected chi connectivity index (χ2v) is 4.72. The molecule has 0 radical (unpaired) electrons. The Hall–Kier alpha value is -1.31. The number of aromatic nitrogens is 1. The van der Waals surface area contributed by atoms with Gasteiger partial charge >= 0.3 is 0 Å². The van der Waals surface area contributed by atoms with Crippen molar-refractivity contribution in [2.45, 2.75) is 33.2 Å². The number of hydrogen-bond acceptors (Lipinski definition) is 0. The topological polar surface area (TPSA) is 4.93 Å². The van der Waals surface area contributed by atoms with Gasteiger partial charge in [0.25, 0.3) is 0 Å². The van der Waals surface area contributed by atoms with Gasteiger partial charge in [-0.15, -0.1) is 0 Å². The van der Waals surface area contributed by atoms with Crippen molar-refractivity contribution in [3.05, 3.63) is 36.3 Å². The van der Waals surface area contributed by atoms with E-state index < -0.39 is 0 Å². The van der Waals surface area contributed by atoms with Gasteiger partial charge in [-0.3, -0.25) is 0 Å². The van der Waals surface area contributed by atoms with Crippen LogP contribution in [0.4, 0.5) is 4.39 Å². The van der Waals surface area contributed by atoms with E-state index in [-0.39, 0.29) is 5.82 Å². The lowest BCUT2D eigenvalue weighted by atomic mass is 10.1. The molecule has 0 saturated heterocycles. The first-order chi connectivity index (χ1) is 7.68. The molecule has 1 heterocycles. The molecule has 0 aliphatic heterocycles. The Kier molecular flexibility index (Phi) is 3.28. The summed E-state index contributed by atoms with van der Waals surface area (Å²) in [6, 6.07) is 7.13. The number of benzene rings is 1. The lowest BCUT2D eigenvalue weighted by Crippen LogP contribution is -1.98. The van der Waals surface area contributed by atoms with Crippen LogP contribution in [0.5, 0.6) is 0 Å². The van der Waals surface area contributed by atoms with Gasteiger partial charge in [0.05, 0.1) is 5.52 Å². The average Bonchev–Trinajstić information content (AvgIpc) is 2.63. The highest BCUT2D eigenvalue weighted by Crippen LogP contribution is 2.19. The summed E-state index contributed by atoms with van der Waals surface area (Å²) in [6.07, 6.45) is 4.35. The molecule has 0 aliphatic rings. The number of aryl methyl sites for hydroxylation is 1. The zero-order chi connectivity index (χ0) is 11.5. The molecule has 1 aromatic heterocycles. The van der Waals surface area contributed by atoms with Gasteiger partial charge in [0, 0.05) is 18.1 Å². The largest absolute Gasteiger partial charge is 0.347 e. The molecular weight excluding hydrogens is 201 g/mol. The molecule has 0 bridgehead atoms. The number of rotatable bonds is 4. The van der Waals surface area contributed by atoms with Crippen molar-refractivity contribution in [3.63, 3.8) is 0 Å². The first-order valence-electron chi connectivity index (χ1n) is 5.92. The van der Waals surface area contributed by atoms with Gasteiger partial charge in [-0.05, 0) is 37.0 Å². The Bertz CT molecular complexity index is 471. The fourth-order valence-electron chi connectivity index (χ4n) is 2.05. The second-order valence-electron chi connectivity index (χ2n) is 4.72. The SMILES string of the molecule is CC(C)CCCn1ccc2c(F)cccc21. The maximum absolute atomic E-state index is 13.4. The Labute approximate surface area is 95.9 Å². The van der Waals surface area contributed by atoms with Gasteiger partial charge in [-0.1, -0.05) is 19.9 Å². The Morgan fingerprint density at radius 1 is 1.25 bits per heavy atom. The molecule has 86 valence electrons. The van der Waals surface area contributed by atoms with Gasteiger partial charge in [0.2, 0.25) is 0 Å². The summed E-state index contributed by atoms with van der Waals surface area (Å²) in [7, 11) is 0. The summed E-state index contributed by atoms with van der Waals surface area (Å²) < 4.78 is 15.6. The van der Waals surface area contributed by atoms with Crippen LogP contribution in [0, 0.1) is 11.7 Å². The predicted octanol–water partition coefficient (Wildman–Crippen LogP) is 4.22. The monoisotopic (exact) mass is 219 g/mol. The smallest absolute Gasteiger partial charge is 0.132 e. The van der Waals surface area contributed by atoms with Crippen molar-refractivity contribution in [2.24, 2.45) is 5.92 Å². The lowest BCUT2D eigenvalue weighted by molar-refractivity contribution is 0.517. The maximum Gasteiger partial charge on any atom is 0.132 e. The summed E-state index contributed by atoms with van der Waals surface area (Å²) >= 11 is 0. The van der Waals surface area contributed by atoms with Gasteiger partial charge in [-0.25, -0.2) is 4.39 Å². The maximum atomic E-state index is 13.4.